The zero-order chi connectivity index (χ0) is 13.8. The second-order valence-corrected chi connectivity index (χ2v) is 4.73. The van der Waals surface area contributed by atoms with Gasteiger partial charge in [0.25, 0.3) is 0 Å². The van der Waals surface area contributed by atoms with E-state index in [0.717, 1.165) is 12.0 Å². The van der Waals surface area contributed by atoms with Crippen LogP contribution in [0, 0.1) is 5.92 Å². The highest BCUT2D eigenvalue weighted by Gasteiger charge is 2.33. The van der Waals surface area contributed by atoms with Gasteiger partial charge >= 0.3 is 0 Å². The van der Waals surface area contributed by atoms with Crippen molar-refractivity contribution in [1.82, 2.24) is 5.32 Å². The average molecular weight is 264 g/mol. The predicted molar refractivity (Wildman–Crippen MR) is 73.3 cm³/mol. The van der Waals surface area contributed by atoms with Gasteiger partial charge < -0.3 is 20.5 Å². The molecule has 1 aromatic rings. The summed E-state index contributed by atoms with van der Waals surface area (Å²) in [7, 11) is 1.81. The Kier molecular flexibility index (Phi) is 4.39. The summed E-state index contributed by atoms with van der Waals surface area (Å²) in [6, 6.07) is 5.28. The molecule has 0 spiro atoms. The van der Waals surface area contributed by atoms with E-state index in [2.05, 4.69) is 10.6 Å². The highest BCUT2D eigenvalue weighted by atomic mass is 16.5. The summed E-state index contributed by atoms with van der Waals surface area (Å²) in [5.74, 6) is -0.263. The molecule has 0 bridgehead atoms. The number of aromatic hydroxyl groups is 1. The Morgan fingerprint density at radius 2 is 2.26 bits per heavy atom. The van der Waals surface area contributed by atoms with Crippen LogP contribution in [0.4, 0.5) is 5.69 Å². The summed E-state index contributed by atoms with van der Waals surface area (Å²) in [6.07, 6.45) is 0.856. The number of likely N-dealkylation sites (N-methyl/N-ethyl adjacent to an activating group) is 1. The summed E-state index contributed by atoms with van der Waals surface area (Å²) in [4.78, 5) is 12.2. The van der Waals surface area contributed by atoms with Crippen LogP contribution in [0.15, 0.2) is 18.2 Å². The van der Waals surface area contributed by atoms with Crippen LogP contribution in [0.3, 0.4) is 0 Å². The van der Waals surface area contributed by atoms with E-state index in [-0.39, 0.29) is 23.6 Å². The van der Waals surface area contributed by atoms with E-state index in [4.69, 9.17) is 4.74 Å². The highest BCUT2D eigenvalue weighted by molar-refractivity contribution is 5.94. The minimum Gasteiger partial charge on any atom is -0.506 e. The molecule has 5 nitrogen and oxygen atoms in total. The van der Waals surface area contributed by atoms with Crippen molar-refractivity contribution in [2.75, 3.05) is 25.6 Å². The summed E-state index contributed by atoms with van der Waals surface area (Å²) >= 11 is 0. The first-order valence-electron chi connectivity index (χ1n) is 6.53. The van der Waals surface area contributed by atoms with Gasteiger partial charge in [0.2, 0.25) is 5.91 Å². The van der Waals surface area contributed by atoms with E-state index < -0.39 is 0 Å². The van der Waals surface area contributed by atoms with Crippen LogP contribution in [-0.2, 0) is 16.0 Å². The number of benzene rings is 1. The average Bonchev–Trinajstić information content (AvgIpc) is 2.89. The first kappa shape index (κ1) is 13.8. The van der Waals surface area contributed by atoms with Gasteiger partial charge in [-0.15, -0.1) is 0 Å². The molecule has 19 heavy (non-hydrogen) atoms. The van der Waals surface area contributed by atoms with Crippen molar-refractivity contribution in [1.29, 1.82) is 0 Å². The van der Waals surface area contributed by atoms with Crippen molar-refractivity contribution in [2.24, 2.45) is 5.92 Å². The number of aryl methyl sites for hydroxylation is 1. The summed E-state index contributed by atoms with van der Waals surface area (Å²) < 4.78 is 5.31. The zero-order valence-corrected chi connectivity index (χ0v) is 11.3. The highest BCUT2D eigenvalue weighted by Crippen LogP contribution is 2.26. The van der Waals surface area contributed by atoms with E-state index in [1.807, 2.05) is 20.0 Å². The minimum atomic E-state index is -0.227. The maximum Gasteiger partial charge on any atom is 0.231 e. The monoisotopic (exact) mass is 264 g/mol. The number of carbonyl (C=O) groups excluding carboxylic acids is 1. The third-order valence-corrected chi connectivity index (χ3v) is 3.52. The van der Waals surface area contributed by atoms with Crippen LogP contribution in [0.2, 0.25) is 0 Å². The van der Waals surface area contributed by atoms with Crippen molar-refractivity contribution in [3.05, 3.63) is 23.8 Å². The standard InChI is InChI=1S/C14H20N2O3/c1-3-9-4-5-13(17)11(6-9)16-14(18)10-7-19-8-12(10)15-2/h4-6,10,12,15,17H,3,7-8H2,1-2H3,(H,16,18). The number of phenols is 1. The number of ether oxygens (including phenoxy) is 1. The van der Waals surface area contributed by atoms with Crippen LogP contribution in [0.25, 0.3) is 0 Å². The smallest absolute Gasteiger partial charge is 0.231 e. The molecule has 0 saturated carbocycles. The van der Waals surface area contributed by atoms with Gasteiger partial charge in [0.15, 0.2) is 0 Å². The minimum absolute atomic E-state index is 0.0245. The van der Waals surface area contributed by atoms with Crippen molar-refractivity contribution in [2.45, 2.75) is 19.4 Å². The second kappa shape index (κ2) is 6.04. The summed E-state index contributed by atoms with van der Waals surface area (Å²) in [5.41, 5.74) is 1.53. The molecule has 3 N–H and O–H groups in total. The van der Waals surface area contributed by atoms with Gasteiger partial charge in [0.1, 0.15) is 5.75 Å². The molecule has 1 aromatic carbocycles. The lowest BCUT2D eigenvalue weighted by molar-refractivity contribution is -0.120. The first-order valence-corrected chi connectivity index (χ1v) is 6.53. The number of anilines is 1. The molecule has 0 aliphatic carbocycles. The molecule has 1 amide bonds. The quantitative estimate of drug-likeness (QED) is 0.713. The molecule has 2 unspecified atom stereocenters. The van der Waals surface area contributed by atoms with Gasteiger partial charge in [-0.05, 0) is 31.2 Å². The fourth-order valence-electron chi connectivity index (χ4n) is 2.23. The lowest BCUT2D eigenvalue weighted by atomic mass is 10.0. The normalized spacial score (nSPS) is 22.4. The molecule has 0 aromatic heterocycles. The van der Waals surface area contributed by atoms with Gasteiger partial charge in [0.05, 0.1) is 24.8 Å². The Labute approximate surface area is 113 Å². The van der Waals surface area contributed by atoms with Crippen molar-refractivity contribution in [3.8, 4) is 5.75 Å². The summed E-state index contributed by atoms with van der Waals surface area (Å²) in [6.45, 7) is 2.97. The van der Waals surface area contributed by atoms with Crippen LogP contribution in [0.1, 0.15) is 12.5 Å². The van der Waals surface area contributed by atoms with E-state index >= 15 is 0 Å². The number of hydrogen-bond acceptors (Lipinski definition) is 4. The van der Waals surface area contributed by atoms with Crippen LogP contribution in [-0.4, -0.2) is 37.3 Å². The molecule has 5 heteroatoms. The predicted octanol–water partition coefficient (Wildman–Crippen LogP) is 1.13. The lowest BCUT2D eigenvalue weighted by Crippen LogP contribution is -2.39. The number of hydrogen-bond donors (Lipinski definition) is 3. The van der Waals surface area contributed by atoms with Crippen molar-refractivity contribution < 1.29 is 14.6 Å². The van der Waals surface area contributed by atoms with Gasteiger partial charge in [-0.25, -0.2) is 0 Å². The van der Waals surface area contributed by atoms with E-state index in [0.29, 0.717) is 18.9 Å². The molecule has 1 saturated heterocycles. The zero-order valence-electron chi connectivity index (χ0n) is 11.3. The second-order valence-electron chi connectivity index (χ2n) is 4.73. The molecule has 2 rings (SSSR count). The Hall–Kier alpha value is -1.59. The Morgan fingerprint density at radius 1 is 1.47 bits per heavy atom. The number of rotatable bonds is 4. The van der Waals surface area contributed by atoms with Crippen LogP contribution < -0.4 is 10.6 Å². The Balaban J connectivity index is 2.10. The fourth-order valence-corrected chi connectivity index (χ4v) is 2.23. The van der Waals surface area contributed by atoms with E-state index in [1.54, 1.807) is 12.1 Å². The number of nitrogens with one attached hydrogen (secondary N) is 2. The number of phenolic OH excluding ortho intramolecular Hbond substituents is 1. The van der Waals surface area contributed by atoms with E-state index in [1.165, 1.54) is 0 Å². The van der Waals surface area contributed by atoms with Gasteiger partial charge in [-0.3, -0.25) is 4.79 Å². The molecule has 2 atom stereocenters. The maximum atomic E-state index is 12.2. The third-order valence-electron chi connectivity index (χ3n) is 3.52. The molecule has 0 radical (unpaired) electrons. The largest absolute Gasteiger partial charge is 0.506 e. The SMILES string of the molecule is CCc1ccc(O)c(NC(=O)C2COCC2NC)c1. The number of carbonyl (C=O) groups is 1. The lowest BCUT2D eigenvalue weighted by Gasteiger charge is -2.17. The van der Waals surface area contributed by atoms with Crippen molar-refractivity contribution >= 4 is 11.6 Å². The fraction of sp³-hybridized carbons (Fsp3) is 0.500. The van der Waals surface area contributed by atoms with E-state index in [9.17, 15) is 9.90 Å². The molecule has 104 valence electrons. The van der Waals surface area contributed by atoms with Crippen molar-refractivity contribution in [3.63, 3.8) is 0 Å². The molecule has 1 heterocycles. The Bertz CT molecular complexity index is 462. The topological polar surface area (TPSA) is 70.6 Å². The molecule has 1 aliphatic rings. The van der Waals surface area contributed by atoms with Crippen LogP contribution >= 0.6 is 0 Å². The number of amides is 1. The third kappa shape index (κ3) is 3.05. The Morgan fingerprint density at radius 3 is 2.95 bits per heavy atom. The van der Waals surface area contributed by atoms with Gasteiger partial charge in [-0.2, -0.15) is 0 Å². The molecular weight excluding hydrogens is 244 g/mol. The maximum absolute atomic E-state index is 12.2. The summed E-state index contributed by atoms with van der Waals surface area (Å²) in [5, 5.41) is 15.6. The molecular formula is C14H20N2O3. The first-order chi connectivity index (χ1) is 9.15. The molecule has 1 fully saturated rings. The van der Waals surface area contributed by atoms with Gasteiger partial charge in [0, 0.05) is 6.04 Å². The van der Waals surface area contributed by atoms with Gasteiger partial charge in [-0.1, -0.05) is 13.0 Å². The molecule has 1 aliphatic heterocycles. The van der Waals surface area contributed by atoms with Crippen LogP contribution in [0.5, 0.6) is 5.75 Å².